The van der Waals surface area contributed by atoms with Crippen molar-refractivity contribution in [2.24, 2.45) is 12.8 Å². The molecule has 0 saturated carbocycles. The maximum Gasteiger partial charge on any atom is 0.244 e. The monoisotopic (exact) mass is 222 g/mol. The highest BCUT2D eigenvalue weighted by atomic mass is 16.2. The van der Waals surface area contributed by atoms with Crippen molar-refractivity contribution in [2.75, 3.05) is 13.1 Å². The van der Waals surface area contributed by atoms with Crippen molar-refractivity contribution in [2.45, 2.75) is 13.0 Å². The van der Waals surface area contributed by atoms with Gasteiger partial charge >= 0.3 is 0 Å². The van der Waals surface area contributed by atoms with Crippen LogP contribution in [0.25, 0.3) is 0 Å². The first kappa shape index (κ1) is 12.4. The molecule has 1 rings (SSSR count). The van der Waals surface area contributed by atoms with Gasteiger partial charge in [-0.05, 0) is 6.92 Å². The van der Waals surface area contributed by atoms with Crippen LogP contribution in [0.1, 0.15) is 18.5 Å². The summed E-state index contributed by atoms with van der Waals surface area (Å²) in [4.78, 5) is 13.6. The molecular weight excluding hydrogens is 204 g/mol. The van der Waals surface area contributed by atoms with E-state index in [1.165, 1.54) is 0 Å². The van der Waals surface area contributed by atoms with Crippen molar-refractivity contribution >= 4 is 5.91 Å². The normalized spacial score (nSPS) is 12.2. The maximum atomic E-state index is 12.0. The predicted molar refractivity (Wildman–Crippen MR) is 62.6 cm³/mol. The molecule has 1 atom stereocenters. The number of hydrogen-bond acceptors (Lipinski definition) is 3. The van der Waals surface area contributed by atoms with Crippen LogP contribution >= 0.6 is 0 Å². The number of aryl methyl sites for hydroxylation is 1. The minimum atomic E-state index is -0.645. The lowest BCUT2D eigenvalue weighted by atomic mass is 10.1. The van der Waals surface area contributed by atoms with E-state index in [0.717, 1.165) is 5.56 Å². The van der Waals surface area contributed by atoms with Gasteiger partial charge < -0.3 is 10.6 Å². The predicted octanol–water partition coefficient (Wildman–Crippen LogP) is 0.454. The van der Waals surface area contributed by atoms with Crippen molar-refractivity contribution in [3.05, 3.63) is 30.6 Å². The van der Waals surface area contributed by atoms with Crippen LogP contribution in [0.4, 0.5) is 0 Å². The van der Waals surface area contributed by atoms with Crippen molar-refractivity contribution in [1.82, 2.24) is 14.7 Å². The molecule has 5 heteroatoms. The number of rotatable bonds is 5. The number of carbonyl (C=O) groups excluding carboxylic acids is 1. The van der Waals surface area contributed by atoms with Gasteiger partial charge in [-0.2, -0.15) is 5.10 Å². The summed E-state index contributed by atoms with van der Waals surface area (Å²) in [6.07, 6.45) is 5.06. The first-order chi connectivity index (χ1) is 7.60. The summed E-state index contributed by atoms with van der Waals surface area (Å²) < 4.78 is 1.63. The fraction of sp³-hybridized carbons (Fsp3) is 0.455. The maximum absolute atomic E-state index is 12.0. The van der Waals surface area contributed by atoms with Gasteiger partial charge in [0.05, 0.1) is 6.20 Å². The van der Waals surface area contributed by atoms with Gasteiger partial charge in [-0.3, -0.25) is 9.48 Å². The molecule has 0 fully saturated rings. The van der Waals surface area contributed by atoms with Crippen molar-refractivity contribution in [1.29, 1.82) is 0 Å². The van der Waals surface area contributed by atoms with Gasteiger partial charge in [-0.15, -0.1) is 6.58 Å². The average Bonchev–Trinajstić information content (AvgIpc) is 2.70. The van der Waals surface area contributed by atoms with E-state index in [1.807, 2.05) is 6.92 Å². The number of aromatic nitrogens is 2. The molecule has 0 aliphatic carbocycles. The Labute approximate surface area is 95.5 Å². The highest BCUT2D eigenvalue weighted by Gasteiger charge is 2.21. The van der Waals surface area contributed by atoms with Gasteiger partial charge in [-0.1, -0.05) is 6.08 Å². The highest BCUT2D eigenvalue weighted by molar-refractivity contribution is 5.83. The van der Waals surface area contributed by atoms with Gasteiger partial charge in [0, 0.05) is 31.9 Å². The van der Waals surface area contributed by atoms with Crippen LogP contribution in [0.3, 0.4) is 0 Å². The summed E-state index contributed by atoms with van der Waals surface area (Å²) in [5.74, 6) is -0.101. The Morgan fingerprint density at radius 1 is 1.81 bits per heavy atom. The molecule has 1 aromatic rings. The lowest BCUT2D eigenvalue weighted by Crippen LogP contribution is -2.38. The van der Waals surface area contributed by atoms with E-state index in [1.54, 1.807) is 35.1 Å². The average molecular weight is 222 g/mol. The number of amides is 1. The zero-order valence-electron chi connectivity index (χ0n) is 9.76. The molecule has 1 unspecified atom stereocenters. The first-order valence-corrected chi connectivity index (χ1v) is 5.24. The summed E-state index contributed by atoms with van der Waals surface area (Å²) in [5.41, 5.74) is 6.61. The van der Waals surface area contributed by atoms with E-state index in [4.69, 9.17) is 5.73 Å². The lowest BCUT2D eigenvalue weighted by molar-refractivity contribution is -0.132. The minimum absolute atomic E-state index is 0.101. The Balaban J connectivity index is 2.76. The Kier molecular flexibility index (Phi) is 4.25. The van der Waals surface area contributed by atoms with E-state index in [2.05, 4.69) is 11.7 Å². The Bertz CT molecular complexity index is 372. The number of nitrogens with zero attached hydrogens (tertiary/aromatic N) is 3. The SMILES string of the molecule is C=CCN(CC)C(=O)C(N)c1cnn(C)c1. The molecular formula is C11H18N4O. The van der Waals surface area contributed by atoms with Crippen LogP contribution in [-0.4, -0.2) is 33.7 Å². The molecule has 2 N–H and O–H groups in total. The van der Waals surface area contributed by atoms with Gasteiger partial charge in [0.2, 0.25) is 5.91 Å². The fourth-order valence-electron chi connectivity index (χ4n) is 1.47. The molecule has 88 valence electrons. The summed E-state index contributed by atoms with van der Waals surface area (Å²) >= 11 is 0. The summed E-state index contributed by atoms with van der Waals surface area (Å²) in [6, 6.07) is -0.645. The molecule has 16 heavy (non-hydrogen) atoms. The zero-order chi connectivity index (χ0) is 12.1. The van der Waals surface area contributed by atoms with Crippen molar-refractivity contribution in [3.8, 4) is 0 Å². The molecule has 0 spiro atoms. The summed E-state index contributed by atoms with van der Waals surface area (Å²) in [7, 11) is 1.79. The van der Waals surface area contributed by atoms with E-state index in [-0.39, 0.29) is 5.91 Å². The molecule has 0 aromatic carbocycles. The molecule has 5 nitrogen and oxygen atoms in total. The number of carbonyl (C=O) groups is 1. The molecule has 0 radical (unpaired) electrons. The molecule has 0 aliphatic heterocycles. The standard InChI is InChI=1S/C11H18N4O/c1-4-6-15(5-2)11(16)10(12)9-7-13-14(3)8-9/h4,7-8,10H,1,5-6,12H2,2-3H3. The Morgan fingerprint density at radius 2 is 2.50 bits per heavy atom. The first-order valence-electron chi connectivity index (χ1n) is 5.24. The number of hydrogen-bond donors (Lipinski definition) is 1. The smallest absolute Gasteiger partial charge is 0.244 e. The van der Waals surface area contributed by atoms with Crippen LogP contribution < -0.4 is 5.73 Å². The van der Waals surface area contributed by atoms with Crippen molar-refractivity contribution < 1.29 is 4.79 Å². The third kappa shape index (κ3) is 2.70. The largest absolute Gasteiger partial charge is 0.338 e. The summed E-state index contributed by atoms with van der Waals surface area (Å²) in [6.45, 7) is 6.67. The van der Waals surface area contributed by atoms with Crippen molar-refractivity contribution in [3.63, 3.8) is 0 Å². The van der Waals surface area contributed by atoms with Gasteiger partial charge in [0.15, 0.2) is 0 Å². The quantitative estimate of drug-likeness (QED) is 0.736. The van der Waals surface area contributed by atoms with E-state index < -0.39 is 6.04 Å². The molecule has 0 aliphatic rings. The van der Waals surface area contributed by atoms with Gasteiger partial charge in [-0.25, -0.2) is 0 Å². The molecule has 0 saturated heterocycles. The van der Waals surface area contributed by atoms with Crippen LogP contribution in [0, 0.1) is 0 Å². The minimum Gasteiger partial charge on any atom is -0.338 e. The highest BCUT2D eigenvalue weighted by Crippen LogP contribution is 2.11. The third-order valence-electron chi connectivity index (χ3n) is 2.39. The van der Waals surface area contributed by atoms with E-state index >= 15 is 0 Å². The van der Waals surface area contributed by atoms with Crippen LogP contribution in [0.15, 0.2) is 25.0 Å². The molecule has 1 heterocycles. The second kappa shape index (κ2) is 5.46. The third-order valence-corrected chi connectivity index (χ3v) is 2.39. The lowest BCUT2D eigenvalue weighted by Gasteiger charge is -2.22. The van der Waals surface area contributed by atoms with Crippen LogP contribution in [0.5, 0.6) is 0 Å². The van der Waals surface area contributed by atoms with Crippen LogP contribution in [0.2, 0.25) is 0 Å². The fourth-order valence-corrected chi connectivity index (χ4v) is 1.47. The Morgan fingerprint density at radius 3 is 2.94 bits per heavy atom. The second-order valence-electron chi connectivity index (χ2n) is 3.59. The molecule has 1 aromatic heterocycles. The molecule has 1 amide bonds. The molecule has 0 bridgehead atoms. The van der Waals surface area contributed by atoms with E-state index in [0.29, 0.717) is 13.1 Å². The van der Waals surface area contributed by atoms with Gasteiger partial charge in [0.1, 0.15) is 6.04 Å². The topological polar surface area (TPSA) is 64.2 Å². The zero-order valence-corrected chi connectivity index (χ0v) is 9.76. The van der Waals surface area contributed by atoms with E-state index in [9.17, 15) is 4.79 Å². The summed E-state index contributed by atoms with van der Waals surface area (Å²) in [5, 5.41) is 4.00. The second-order valence-corrected chi connectivity index (χ2v) is 3.59. The number of likely N-dealkylation sites (N-methyl/N-ethyl adjacent to an activating group) is 1. The van der Waals surface area contributed by atoms with Crippen LogP contribution in [-0.2, 0) is 11.8 Å². The van der Waals surface area contributed by atoms with Gasteiger partial charge in [0.25, 0.3) is 0 Å². The number of nitrogens with two attached hydrogens (primary N) is 1. The Hall–Kier alpha value is -1.62.